The second-order valence-corrected chi connectivity index (χ2v) is 17.5. The summed E-state index contributed by atoms with van der Waals surface area (Å²) in [5.41, 5.74) is 6.88. The Kier molecular flexibility index (Phi) is 14.4. The van der Waals surface area contributed by atoms with Gasteiger partial charge in [-0.15, -0.1) is 53.6 Å². The molecule has 1 atom stereocenters. The maximum atomic E-state index is 6.01. The van der Waals surface area contributed by atoms with Gasteiger partial charge in [0, 0.05) is 5.02 Å². The van der Waals surface area contributed by atoms with Crippen LogP contribution in [0, 0.1) is 12.0 Å². The van der Waals surface area contributed by atoms with E-state index in [0.717, 1.165) is 5.02 Å². The minimum absolute atomic E-state index is 0. The van der Waals surface area contributed by atoms with Crippen LogP contribution < -0.4 is 24.8 Å². The van der Waals surface area contributed by atoms with Crippen molar-refractivity contribution in [3.8, 4) is 11.1 Å². The van der Waals surface area contributed by atoms with Gasteiger partial charge >= 0.3 is 41.9 Å². The van der Waals surface area contributed by atoms with E-state index in [1.54, 1.807) is 23.3 Å². The molecule has 0 N–H and O–H groups in total. The fraction of sp³-hybridized carbons (Fsp3) is 0.269. The summed E-state index contributed by atoms with van der Waals surface area (Å²) in [4.78, 5) is 0. The molecule has 0 heterocycles. The van der Waals surface area contributed by atoms with Gasteiger partial charge in [0.15, 0.2) is 0 Å². The maximum Gasteiger partial charge on any atom is 0.0403 e. The number of hydrogen-bond acceptors (Lipinski definition) is 0. The van der Waals surface area contributed by atoms with E-state index in [-0.39, 0.29) is 30.2 Å². The molecule has 0 spiro atoms. The van der Waals surface area contributed by atoms with Crippen LogP contribution in [0.3, 0.4) is 0 Å². The summed E-state index contributed by atoms with van der Waals surface area (Å²) in [5.74, 6) is 0.560. The van der Waals surface area contributed by atoms with Crippen molar-refractivity contribution in [3.05, 3.63) is 88.5 Å². The second-order valence-electron chi connectivity index (χ2n) is 7.64. The molecule has 0 aromatic heterocycles. The molecule has 1 unspecified atom stereocenters. The summed E-state index contributed by atoms with van der Waals surface area (Å²) in [6, 6.07) is 20.7. The van der Waals surface area contributed by atoms with Gasteiger partial charge in [-0.2, -0.15) is 11.1 Å². The first-order valence-corrected chi connectivity index (χ1v) is 16.5. The van der Waals surface area contributed by atoms with Crippen molar-refractivity contribution in [2.75, 3.05) is 0 Å². The number of rotatable bonds is 1. The van der Waals surface area contributed by atoms with Crippen molar-refractivity contribution in [1.82, 2.24) is 0 Å². The van der Waals surface area contributed by atoms with Crippen LogP contribution in [-0.4, -0.2) is 5.43 Å². The molecule has 0 fully saturated rings. The zero-order chi connectivity index (χ0) is 21.6. The van der Waals surface area contributed by atoms with Gasteiger partial charge in [-0.1, -0.05) is 62.1 Å². The fourth-order valence-electron chi connectivity index (χ4n) is 3.22. The van der Waals surface area contributed by atoms with Crippen LogP contribution in [0.5, 0.6) is 0 Å². The standard InChI is InChI=1S/C15H10Cl.C9H13.C2H6Si.2ClH.Zr/c16-13-6-3-5-12(10-13)15-9-8-11-4-1-2-7-14(11)15;1-6-5-7(2)9(4)8(6)3;1-3-2;;;/h1-10H;6H,1-4H3;1-2H3;2*1H;/q2*-1;;;;+2/p-2. The minimum Gasteiger partial charge on any atom is -1.00 e. The summed E-state index contributed by atoms with van der Waals surface area (Å²) in [6.07, 6.45) is 3.36. The average Bonchev–Trinajstić information content (AvgIpc) is 3.19. The van der Waals surface area contributed by atoms with Gasteiger partial charge < -0.3 is 24.8 Å². The van der Waals surface area contributed by atoms with Crippen molar-refractivity contribution in [1.29, 1.82) is 0 Å². The molecule has 3 aromatic rings. The Labute approximate surface area is 220 Å². The van der Waals surface area contributed by atoms with E-state index in [1.165, 1.54) is 38.6 Å². The molecular weight excluding hydrogens is 538 g/mol. The Hall–Kier alpha value is -0.500. The first-order valence-electron chi connectivity index (χ1n) is 9.90. The Morgan fingerprint density at radius 1 is 1.00 bits per heavy atom. The molecule has 31 heavy (non-hydrogen) atoms. The van der Waals surface area contributed by atoms with E-state index >= 15 is 0 Å². The van der Waals surface area contributed by atoms with Crippen molar-refractivity contribution in [3.63, 3.8) is 0 Å². The summed E-state index contributed by atoms with van der Waals surface area (Å²) in [5, 5.41) is 3.34. The van der Waals surface area contributed by atoms with Crippen LogP contribution >= 0.6 is 11.6 Å². The molecular formula is C26H29Cl3SiZr-2. The first-order chi connectivity index (χ1) is 13.7. The average molecular weight is 567 g/mol. The van der Waals surface area contributed by atoms with E-state index < -0.39 is 0 Å². The summed E-state index contributed by atoms with van der Waals surface area (Å²) in [7, 11) is 0. The fourth-order valence-corrected chi connectivity index (χ4v) is 3.41. The zero-order valence-corrected chi connectivity index (χ0v) is 24.7. The molecule has 3 aromatic carbocycles. The Morgan fingerprint density at radius 2 is 1.61 bits per heavy atom. The van der Waals surface area contributed by atoms with E-state index in [1.807, 2.05) is 18.2 Å². The largest absolute Gasteiger partial charge is 1.00 e. The van der Waals surface area contributed by atoms with Crippen LogP contribution in [0.4, 0.5) is 0 Å². The number of fused-ring (bicyclic) bond motifs is 1. The Balaban J connectivity index is 0.000000516. The topological polar surface area (TPSA) is 0 Å². The van der Waals surface area contributed by atoms with Gasteiger partial charge in [-0.25, -0.2) is 5.57 Å². The molecule has 0 bridgehead atoms. The third kappa shape index (κ3) is 9.10. The van der Waals surface area contributed by atoms with Gasteiger partial charge in [-0.3, -0.25) is 6.08 Å². The van der Waals surface area contributed by atoms with Gasteiger partial charge in [0.1, 0.15) is 0 Å². The summed E-state index contributed by atoms with van der Waals surface area (Å²) >= 11 is 7.75. The monoisotopic (exact) mass is 564 g/mol. The summed E-state index contributed by atoms with van der Waals surface area (Å²) in [6.45, 7) is 13.3. The van der Waals surface area contributed by atoms with E-state index in [0.29, 0.717) is 5.92 Å². The van der Waals surface area contributed by atoms with E-state index in [9.17, 15) is 0 Å². The molecule has 5 heteroatoms. The van der Waals surface area contributed by atoms with Crippen molar-refractivity contribution < 1.29 is 48.1 Å². The number of hydrogen-bond donors (Lipinski definition) is 0. The number of allylic oxidation sites excluding steroid dienone is 4. The third-order valence-electron chi connectivity index (χ3n) is 5.05. The van der Waals surface area contributed by atoms with E-state index in [4.69, 9.17) is 11.6 Å². The first kappa shape index (κ1) is 30.5. The molecule has 4 rings (SSSR count). The number of halogens is 3. The van der Waals surface area contributed by atoms with Gasteiger partial charge in [0.2, 0.25) is 0 Å². The van der Waals surface area contributed by atoms with Gasteiger partial charge in [-0.05, 0) is 12.1 Å². The SMILES string of the molecule is CC1=[C-]C(C)C(C)=C1C.C[Si](C)=[Zr+2].Clc1cccc(-c2c[cH-]c3ccccc23)c1.[Cl-].[Cl-]. The smallest absolute Gasteiger partial charge is 0.0403 e. The van der Waals surface area contributed by atoms with E-state index in [2.05, 4.69) is 89.3 Å². The molecule has 1 aliphatic carbocycles. The molecule has 0 saturated heterocycles. The maximum absolute atomic E-state index is 6.01. The zero-order valence-electron chi connectivity index (χ0n) is 19.0. The van der Waals surface area contributed by atoms with Crippen molar-refractivity contribution in [2.24, 2.45) is 5.92 Å². The molecule has 0 radical (unpaired) electrons. The number of benzene rings is 2. The van der Waals surface area contributed by atoms with Crippen LogP contribution in [0.1, 0.15) is 27.7 Å². The summed E-state index contributed by atoms with van der Waals surface area (Å²) < 4.78 is 0. The van der Waals surface area contributed by atoms with Crippen LogP contribution in [-0.2, 0) is 23.3 Å². The van der Waals surface area contributed by atoms with Crippen LogP contribution in [0.2, 0.25) is 18.1 Å². The van der Waals surface area contributed by atoms with Gasteiger partial charge in [0.25, 0.3) is 0 Å². The molecule has 0 saturated carbocycles. The third-order valence-corrected chi connectivity index (χ3v) is 5.29. The minimum atomic E-state index is 0. The molecule has 1 aliphatic rings. The van der Waals surface area contributed by atoms with Crippen molar-refractivity contribution in [2.45, 2.75) is 40.8 Å². The predicted octanol–water partition coefficient (Wildman–Crippen LogP) is 2.39. The van der Waals surface area contributed by atoms with Crippen LogP contribution in [0.15, 0.2) is 77.4 Å². The Morgan fingerprint density at radius 3 is 2.10 bits per heavy atom. The normalized spacial score (nSPS) is 14.4. The second kappa shape index (κ2) is 14.6. The Bertz CT molecular complexity index is 1060. The molecule has 0 nitrogen and oxygen atoms in total. The van der Waals surface area contributed by atoms with Gasteiger partial charge in [0.05, 0.1) is 0 Å². The quantitative estimate of drug-likeness (QED) is 0.313. The molecule has 0 amide bonds. The van der Waals surface area contributed by atoms with Crippen LogP contribution in [0.25, 0.3) is 21.9 Å². The molecule has 164 valence electrons. The molecule has 0 aliphatic heterocycles. The van der Waals surface area contributed by atoms with Crippen molar-refractivity contribution >= 4 is 27.8 Å². The predicted molar refractivity (Wildman–Crippen MR) is 127 cm³/mol.